The Bertz CT molecular complexity index is 965. The Kier molecular flexibility index (Phi) is 5.92. The molecule has 7 heteroatoms. The molecular weight excluding hydrogens is 362 g/mol. The van der Waals surface area contributed by atoms with Gasteiger partial charge in [0.15, 0.2) is 6.61 Å². The molecule has 0 aliphatic rings. The van der Waals surface area contributed by atoms with E-state index in [-0.39, 0.29) is 6.54 Å². The van der Waals surface area contributed by atoms with Gasteiger partial charge in [0.05, 0.1) is 6.07 Å². The first-order chi connectivity index (χ1) is 13.2. The van der Waals surface area contributed by atoms with Gasteiger partial charge in [0, 0.05) is 28.5 Å². The number of esters is 1. The molecule has 0 saturated carbocycles. The largest absolute Gasteiger partial charge is 0.451 e. The lowest BCUT2D eigenvalue weighted by molar-refractivity contribution is -0.121. The van der Waals surface area contributed by atoms with Crippen LogP contribution in [0.15, 0.2) is 67.0 Å². The number of amides is 1. The second-order valence-corrected chi connectivity index (χ2v) is 6.54. The first kappa shape index (κ1) is 18.3. The van der Waals surface area contributed by atoms with Crippen LogP contribution in [0.3, 0.4) is 0 Å². The second-order valence-electron chi connectivity index (χ2n) is 5.46. The van der Waals surface area contributed by atoms with Crippen LogP contribution < -0.4 is 4.90 Å². The number of aromatic nitrogens is 1. The quantitative estimate of drug-likeness (QED) is 0.485. The minimum Gasteiger partial charge on any atom is -0.451 e. The third-order valence-electron chi connectivity index (χ3n) is 3.68. The zero-order valence-corrected chi connectivity index (χ0v) is 15.1. The molecule has 3 rings (SSSR count). The minimum absolute atomic E-state index is 0.120. The van der Waals surface area contributed by atoms with Crippen molar-refractivity contribution in [3.8, 4) is 16.5 Å². The van der Waals surface area contributed by atoms with Gasteiger partial charge in [-0.25, -0.2) is 4.79 Å². The molecule has 1 amide bonds. The van der Waals surface area contributed by atoms with Crippen molar-refractivity contribution in [1.82, 2.24) is 4.98 Å². The third kappa shape index (κ3) is 4.57. The molecule has 0 N–H and O–H groups in total. The summed E-state index contributed by atoms with van der Waals surface area (Å²) in [5, 5.41) is 8.96. The third-order valence-corrected chi connectivity index (χ3v) is 4.79. The van der Waals surface area contributed by atoms with E-state index in [1.54, 1.807) is 42.7 Å². The Morgan fingerprint density at radius 2 is 1.93 bits per heavy atom. The number of ether oxygens (including phenoxy) is 1. The molecule has 0 atom stereocenters. The van der Waals surface area contributed by atoms with Gasteiger partial charge in [0.2, 0.25) is 0 Å². The van der Waals surface area contributed by atoms with Gasteiger partial charge in [-0.05, 0) is 30.3 Å². The summed E-state index contributed by atoms with van der Waals surface area (Å²) in [6.45, 7) is -0.555. The molecule has 0 fully saturated rings. The highest BCUT2D eigenvalue weighted by Gasteiger charge is 2.19. The van der Waals surface area contributed by atoms with E-state index in [0.717, 1.165) is 10.4 Å². The van der Waals surface area contributed by atoms with Gasteiger partial charge >= 0.3 is 5.97 Å². The Hall–Kier alpha value is -3.50. The van der Waals surface area contributed by atoms with E-state index in [0.29, 0.717) is 10.6 Å². The molecule has 0 saturated heterocycles. The maximum absolute atomic E-state index is 12.4. The minimum atomic E-state index is -0.576. The highest BCUT2D eigenvalue weighted by atomic mass is 32.1. The van der Waals surface area contributed by atoms with Crippen molar-refractivity contribution in [2.45, 2.75) is 0 Å². The van der Waals surface area contributed by atoms with Crippen LogP contribution >= 0.6 is 11.3 Å². The van der Waals surface area contributed by atoms with Crippen LogP contribution in [0.25, 0.3) is 10.4 Å². The normalized spacial score (nSPS) is 10.0. The molecule has 2 heterocycles. The van der Waals surface area contributed by atoms with Gasteiger partial charge in [0.1, 0.15) is 11.4 Å². The van der Waals surface area contributed by atoms with E-state index in [4.69, 9.17) is 10.00 Å². The van der Waals surface area contributed by atoms with Crippen molar-refractivity contribution in [1.29, 1.82) is 5.26 Å². The number of nitriles is 1. The van der Waals surface area contributed by atoms with Crippen molar-refractivity contribution < 1.29 is 14.3 Å². The number of benzene rings is 1. The fraction of sp³-hybridized carbons (Fsp3) is 0.100. The van der Waals surface area contributed by atoms with Crippen molar-refractivity contribution in [2.75, 3.05) is 18.1 Å². The second kappa shape index (κ2) is 8.74. The monoisotopic (exact) mass is 377 g/mol. The Morgan fingerprint density at radius 3 is 2.63 bits per heavy atom. The molecule has 2 aromatic heterocycles. The number of hydrogen-bond donors (Lipinski definition) is 0. The Balaban J connectivity index is 1.64. The Morgan fingerprint density at radius 1 is 1.11 bits per heavy atom. The summed E-state index contributed by atoms with van der Waals surface area (Å²) in [6.07, 6.45) is 3.39. The van der Waals surface area contributed by atoms with Gasteiger partial charge in [-0.2, -0.15) is 5.26 Å². The van der Waals surface area contributed by atoms with Crippen LogP contribution in [0.4, 0.5) is 5.69 Å². The number of carbonyl (C=O) groups is 2. The van der Waals surface area contributed by atoms with E-state index >= 15 is 0 Å². The molecule has 0 aliphatic carbocycles. The summed E-state index contributed by atoms with van der Waals surface area (Å²) in [7, 11) is 0. The van der Waals surface area contributed by atoms with Crippen molar-refractivity contribution in [3.05, 3.63) is 71.9 Å². The first-order valence-corrected chi connectivity index (χ1v) is 8.90. The van der Waals surface area contributed by atoms with Crippen LogP contribution in [0.5, 0.6) is 0 Å². The number of para-hydroxylation sites is 1. The summed E-state index contributed by atoms with van der Waals surface area (Å²) >= 11 is 1.27. The average molecular weight is 377 g/mol. The summed E-state index contributed by atoms with van der Waals surface area (Å²) in [5.74, 6) is -1.03. The van der Waals surface area contributed by atoms with Crippen LogP contribution in [0.2, 0.25) is 0 Å². The van der Waals surface area contributed by atoms with E-state index < -0.39 is 18.5 Å². The first-order valence-electron chi connectivity index (χ1n) is 8.09. The molecule has 134 valence electrons. The zero-order valence-electron chi connectivity index (χ0n) is 14.2. The summed E-state index contributed by atoms with van der Waals surface area (Å²) < 4.78 is 5.14. The number of anilines is 1. The van der Waals surface area contributed by atoms with Gasteiger partial charge in [-0.3, -0.25) is 14.7 Å². The van der Waals surface area contributed by atoms with Gasteiger partial charge in [-0.15, -0.1) is 11.3 Å². The van der Waals surface area contributed by atoms with Crippen LogP contribution in [0.1, 0.15) is 9.67 Å². The number of thiophene rings is 1. The summed E-state index contributed by atoms with van der Waals surface area (Å²) in [6, 6.07) is 17.9. The molecule has 0 bridgehead atoms. The summed E-state index contributed by atoms with van der Waals surface area (Å²) in [5.41, 5.74) is 1.48. The predicted octanol–water partition coefficient (Wildman–Crippen LogP) is 3.52. The van der Waals surface area contributed by atoms with E-state index in [1.165, 1.54) is 16.2 Å². The van der Waals surface area contributed by atoms with E-state index in [2.05, 4.69) is 4.98 Å². The molecule has 27 heavy (non-hydrogen) atoms. The molecule has 0 unspecified atom stereocenters. The standard InChI is InChI=1S/C20H15N3O3S/c21-10-12-23(16-6-2-1-3-7-16)19(24)14-26-20(25)18-9-8-17(27-18)15-5-4-11-22-13-15/h1-9,11,13H,12,14H2. The number of hydrogen-bond acceptors (Lipinski definition) is 6. The summed E-state index contributed by atoms with van der Waals surface area (Å²) in [4.78, 5) is 31.3. The van der Waals surface area contributed by atoms with Crippen molar-refractivity contribution in [3.63, 3.8) is 0 Å². The molecular formula is C20H15N3O3S. The molecule has 3 aromatic rings. The predicted molar refractivity (Wildman–Crippen MR) is 102 cm³/mol. The molecule has 6 nitrogen and oxygen atoms in total. The number of nitrogens with zero attached hydrogens (tertiary/aromatic N) is 3. The van der Waals surface area contributed by atoms with E-state index in [9.17, 15) is 9.59 Å². The molecule has 0 spiro atoms. The van der Waals surface area contributed by atoms with Crippen LogP contribution in [-0.4, -0.2) is 30.0 Å². The zero-order chi connectivity index (χ0) is 19.1. The van der Waals surface area contributed by atoms with Crippen LogP contribution in [-0.2, 0) is 9.53 Å². The average Bonchev–Trinajstić information content (AvgIpc) is 3.22. The maximum Gasteiger partial charge on any atom is 0.348 e. The lowest BCUT2D eigenvalue weighted by Crippen LogP contribution is -2.35. The van der Waals surface area contributed by atoms with E-state index in [1.807, 2.05) is 30.3 Å². The SMILES string of the molecule is N#CCN(C(=O)COC(=O)c1ccc(-c2cccnc2)s1)c1ccccc1. The number of pyridine rings is 1. The topological polar surface area (TPSA) is 83.3 Å². The lowest BCUT2D eigenvalue weighted by atomic mass is 10.2. The van der Waals surface area contributed by atoms with Crippen molar-refractivity contribution >= 4 is 28.9 Å². The number of rotatable bonds is 6. The lowest BCUT2D eigenvalue weighted by Gasteiger charge is -2.19. The van der Waals surface area contributed by atoms with Crippen molar-refractivity contribution in [2.24, 2.45) is 0 Å². The van der Waals surface area contributed by atoms with Gasteiger partial charge in [-0.1, -0.05) is 24.3 Å². The fourth-order valence-electron chi connectivity index (χ4n) is 2.39. The highest BCUT2D eigenvalue weighted by Crippen LogP contribution is 2.27. The number of carbonyl (C=O) groups excluding carboxylic acids is 2. The van der Waals surface area contributed by atoms with Gasteiger partial charge in [0.25, 0.3) is 5.91 Å². The maximum atomic E-state index is 12.4. The van der Waals surface area contributed by atoms with Crippen LogP contribution in [0, 0.1) is 11.3 Å². The fourth-order valence-corrected chi connectivity index (χ4v) is 3.28. The molecule has 0 aliphatic heterocycles. The molecule has 1 aromatic carbocycles. The smallest absolute Gasteiger partial charge is 0.348 e. The highest BCUT2D eigenvalue weighted by molar-refractivity contribution is 7.17. The van der Waals surface area contributed by atoms with Gasteiger partial charge < -0.3 is 4.74 Å². The Labute approximate surface area is 160 Å². The molecule has 0 radical (unpaired) electrons.